The molecular weight excluding hydrogens is 448 g/mol. The molecule has 1 aromatic heterocycles. The largest absolute Gasteiger partial charge is 0.390 e. The number of nitrogens with one attached hydrogen (secondary N) is 1. The lowest BCUT2D eigenvalue weighted by Gasteiger charge is -2.38. The highest BCUT2D eigenvalue weighted by molar-refractivity contribution is 8.00. The number of amides is 1. The zero-order chi connectivity index (χ0) is 24.2. The summed E-state index contributed by atoms with van der Waals surface area (Å²) < 4.78 is 3.31. The van der Waals surface area contributed by atoms with E-state index in [0.29, 0.717) is 44.3 Å². The molecule has 8 heteroatoms. The van der Waals surface area contributed by atoms with Gasteiger partial charge in [-0.25, -0.2) is 0 Å². The predicted octanol–water partition coefficient (Wildman–Crippen LogP) is 4.66. The van der Waals surface area contributed by atoms with Crippen LogP contribution in [0, 0.1) is 0 Å². The van der Waals surface area contributed by atoms with Crippen LogP contribution in [0.4, 0.5) is 5.69 Å². The summed E-state index contributed by atoms with van der Waals surface area (Å²) in [5, 5.41) is 20.7. The van der Waals surface area contributed by atoms with Gasteiger partial charge < -0.3 is 19.8 Å². The zero-order valence-electron chi connectivity index (χ0n) is 19.7. The lowest BCUT2D eigenvalue weighted by molar-refractivity contribution is -0.0291. The second kappa shape index (κ2) is 10.3. The number of para-hydroxylation sites is 1. The Morgan fingerprint density at radius 1 is 1.12 bits per heavy atom. The topological polar surface area (TPSA) is 98.6 Å². The van der Waals surface area contributed by atoms with Crippen LogP contribution in [0.25, 0.3) is 11.0 Å². The van der Waals surface area contributed by atoms with E-state index < -0.39 is 11.2 Å². The van der Waals surface area contributed by atoms with Gasteiger partial charge in [0.25, 0.3) is 5.91 Å². The molecule has 1 amide bonds. The van der Waals surface area contributed by atoms with E-state index in [0.717, 1.165) is 28.0 Å². The minimum atomic E-state index is -0.751. The number of benzene rings is 2. The lowest BCUT2D eigenvalue weighted by Crippen LogP contribution is -2.46. The van der Waals surface area contributed by atoms with Crippen LogP contribution in [0.2, 0.25) is 0 Å². The van der Waals surface area contributed by atoms with Gasteiger partial charge >= 0.3 is 0 Å². The molecule has 180 valence electrons. The van der Waals surface area contributed by atoms with Gasteiger partial charge in [0.1, 0.15) is 5.52 Å². The van der Waals surface area contributed by atoms with Crippen LogP contribution in [0.1, 0.15) is 56.3 Å². The molecule has 0 spiro atoms. The molecule has 3 aromatic rings. The first-order valence-corrected chi connectivity index (χ1v) is 12.5. The van der Waals surface area contributed by atoms with Crippen LogP contribution < -0.4 is 4.72 Å². The summed E-state index contributed by atoms with van der Waals surface area (Å²) in [5.41, 5.74) is 1.76. The third-order valence-corrected chi connectivity index (χ3v) is 7.17. The number of nitrogens with zero attached hydrogens (tertiary/aromatic N) is 3. The molecule has 1 aliphatic heterocycles. The number of aromatic nitrogens is 2. The SMILES string of the molecule is CC(C)(O)CCCC1(O)CCN(C(=O)c2ccc(NSc3cccc4nccnc34)cc2)CC1. The van der Waals surface area contributed by atoms with Gasteiger partial charge in [-0.2, -0.15) is 0 Å². The Hall–Kier alpha value is -2.68. The highest BCUT2D eigenvalue weighted by Gasteiger charge is 2.34. The second-order valence-corrected chi connectivity index (χ2v) is 10.5. The minimum absolute atomic E-state index is 0.0120. The Kier molecular flexibility index (Phi) is 7.40. The third-order valence-electron chi connectivity index (χ3n) is 6.28. The fraction of sp³-hybridized carbons (Fsp3) is 0.423. The first kappa shape index (κ1) is 24.4. The van der Waals surface area contributed by atoms with E-state index in [-0.39, 0.29) is 5.91 Å². The fourth-order valence-corrected chi connectivity index (χ4v) is 5.02. The normalized spacial score (nSPS) is 15.9. The van der Waals surface area contributed by atoms with Gasteiger partial charge in [-0.3, -0.25) is 14.8 Å². The van der Waals surface area contributed by atoms with E-state index in [9.17, 15) is 15.0 Å². The zero-order valence-corrected chi connectivity index (χ0v) is 20.5. The van der Waals surface area contributed by atoms with Crippen molar-refractivity contribution in [3.8, 4) is 0 Å². The quantitative estimate of drug-likeness (QED) is 0.403. The Bertz CT molecular complexity index is 1120. The molecule has 1 aliphatic rings. The molecule has 4 rings (SSSR count). The van der Waals surface area contributed by atoms with Gasteiger partial charge in [0.15, 0.2) is 0 Å². The van der Waals surface area contributed by atoms with Gasteiger partial charge in [0, 0.05) is 36.7 Å². The number of rotatable bonds is 8. The van der Waals surface area contributed by atoms with Crippen LogP contribution in [0.3, 0.4) is 0 Å². The number of likely N-dealkylation sites (tertiary alicyclic amines) is 1. The maximum Gasteiger partial charge on any atom is 0.253 e. The molecule has 7 nitrogen and oxygen atoms in total. The maximum atomic E-state index is 13.0. The van der Waals surface area contributed by atoms with Gasteiger partial charge in [0.05, 0.1) is 21.6 Å². The molecule has 1 saturated heterocycles. The summed E-state index contributed by atoms with van der Waals surface area (Å²) in [5.74, 6) is -0.0120. The van der Waals surface area contributed by atoms with Crippen LogP contribution in [0.5, 0.6) is 0 Å². The summed E-state index contributed by atoms with van der Waals surface area (Å²) in [6.07, 6.45) is 6.57. The summed E-state index contributed by atoms with van der Waals surface area (Å²) in [7, 11) is 0. The molecule has 0 bridgehead atoms. The molecule has 0 radical (unpaired) electrons. The molecule has 0 unspecified atom stereocenters. The number of hydrogen-bond acceptors (Lipinski definition) is 7. The number of fused-ring (bicyclic) bond motifs is 1. The van der Waals surface area contributed by atoms with Crippen molar-refractivity contribution >= 4 is 34.6 Å². The number of carbonyl (C=O) groups excluding carboxylic acids is 1. The van der Waals surface area contributed by atoms with Crippen LogP contribution in [0.15, 0.2) is 59.8 Å². The molecule has 0 aliphatic carbocycles. The van der Waals surface area contributed by atoms with Crippen molar-refractivity contribution < 1.29 is 15.0 Å². The Balaban J connectivity index is 1.29. The highest BCUT2D eigenvalue weighted by atomic mass is 32.2. The van der Waals surface area contributed by atoms with Crippen molar-refractivity contribution in [2.24, 2.45) is 0 Å². The molecule has 3 N–H and O–H groups in total. The Labute approximate surface area is 204 Å². The van der Waals surface area contributed by atoms with E-state index >= 15 is 0 Å². The first-order valence-electron chi connectivity index (χ1n) is 11.7. The number of anilines is 1. The van der Waals surface area contributed by atoms with Crippen molar-refractivity contribution in [1.29, 1.82) is 0 Å². The summed E-state index contributed by atoms with van der Waals surface area (Å²) in [6, 6.07) is 13.3. The van der Waals surface area contributed by atoms with Crippen molar-refractivity contribution in [3.05, 3.63) is 60.4 Å². The van der Waals surface area contributed by atoms with Gasteiger partial charge in [-0.05, 0) is 94.3 Å². The van der Waals surface area contributed by atoms with Crippen molar-refractivity contribution in [3.63, 3.8) is 0 Å². The number of aliphatic hydroxyl groups is 2. The van der Waals surface area contributed by atoms with Crippen LogP contribution in [-0.2, 0) is 0 Å². The molecule has 0 atom stereocenters. The monoisotopic (exact) mass is 480 g/mol. The van der Waals surface area contributed by atoms with E-state index in [2.05, 4.69) is 14.7 Å². The van der Waals surface area contributed by atoms with E-state index in [1.165, 1.54) is 11.9 Å². The third kappa shape index (κ3) is 6.25. The average molecular weight is 481 g/mol. The van der Waals surface area contributed by atoms with E-state index in [1.54, 1.807) is 26.2 Å². The number of carbonyl (C=O) groups is 1. The first-order chi connectivity index (χ1) is 16.2. The van der Waals surface area contributed by atoms with Gasteiger partial charge in [-0.15, -0.1) is 0 Å². The maximum absolute atomic E-state index is 13.0. The van der Waals surface area contributed by atoms with Crippen LogP contribution in [-0.4, -0.2) is 55.3 Å². The predicted molar refractivity (Wildman–Crippen MR) is 136 cm³/mol. The average Bonchev–Trinajstić information content (AvgIpc) is 2.82. The van der Waals surface area contributed by atoms with Gasteiger partial charge in [0.2, 0.25) is 0 Å². The fourth-order valence-electron chi connectivity index (χ4n) is 4.25. The Morgan fingerprint density at radius 3 is 2.53 bits per heavy atom. The summed E-state index contributed by atoms with van der Waals surface area (Å²) >= 11 is 1.46. The Morgan fingerprint density at radius 2 is 1.82 bits per heavy atom. The molecule has 1 fully saturated rings. The van der Waals surface area contributed by atoms with Crippen molar-refractivity contribution in [2.45, 2.75) is 62.0 Å². The van der Waals surface area contributed by atoms with Crippen molar-refractivity contribution in [2.75, 3.05) is 17.8 Å². The second-order valence-electron chi connectivity index (χ2n) is 9.64. The van der Waals surface area contributed by atoms with Crippen LogP contribution >= 0.6 is 11.9 Å². The summed E-state index contributed by atoms with van der Waals surface area (Å²) in [6.45, 7) is 4.65. The minimum Gasteiger partial charge on any atom is -0.390 e. The lowest BCUT2D eigenvalue weighted by atomic mass is 9.85. The standard InChI is InChI=1S/C26H32N4O3S/c1-25(2,32)11-4-12-26(33)13-17-30(18-14-26)24(31)19-7-9-20(10-8-19)29-34-22-6-3-5-21-23(22)28-16-15-27-21/h3,5-10,15-16,29,32-33H,4,11-14,17-18H2,1-2H3. The molecule has 0 saturated carbocycles. The van der Waals surface area contributed by atoms with Crippen molar-refractivity contribution in [1.82, 2.24) is 14.9 Å². The van der Waals surface area contributed by atoms with E-state index in [1.807, 2.05) is 47.4 Å². The highest BCUT2D eigenvalue weighted by Crippen LogP contribution is 2.30. The number of piperidine rings is 1. The molecular formula is C26H32N4O3S. The number of hydrogen-bond donors (Lipinski definition) is 3. The smallest absolute Gasteiger partial charge is 0.253 e. The van der Waals surface area contributed by atoms with Gasteiger partial charge in [-0.1, -0.05) is 6.07 Å². The molecule has 2 heterocycles. The van der Waals surface area contributed by atoms with E-state index in [4.69, 9.17) is 0 Å². The molecule has 34 heavy (non-hydrogen) atoms. The summed E-state index contributed by atoms with van der Waals surface area (Å²) in [4.78, 5) is 24.5. The molecule has 2 aromatic carbocycles.